The first-order valence-corrected chi connectivity index (χ1v) is 9.68. The van der Waals surface area contributed by atoms with E-state index in [9.17, 15) is 9.59 Å². The van der Waals surface area contributed by atoms with E-state index >= 15 is 0 Å². The van der Waals surface area contributed by atoms with Crippen molar-refractivity contribution in [3.05, 3.63) is 21.4 Å². The largest absolute Gasteiger partial charge is 0.339 e. The predicted octanol–water partition coefficient (Wildman–Crippen LogP) is 2.57. The highest BCUT2D eigenvalue weighted by Gasteiger charge is 2.35. The number of carbonyl (C=O) groups is 2. The number of piperazine rings is 1. The molecule has 2 aliphatic carbocycles. The van der Waals surface area contributed by atoms with Crippen molar-refractivity contribution in [3.8, 4) is 0 Å². The average molecular weight is 332 g/mol. The van der Waals surface area contributed by atoms with E-state index in [1.165, 1.54) is 16.9 Å². The van der Waals surface area contributed by atoms with Crippen LogP contribution in [-0.4, -0.2) is 47.8 Å². The lowest BCUT2D eigenvalue weighted by atomic mass is 9.88. The molecule has 0 radical (unpaired) electrons. The van der Waals surface area contributed by atoms with E-state index in [2.05, 4.69) is 12.3 Å². The lowest BCUT2D eigenvalue weighted by molar-refractivity contribution is -0.134. The van der Waals surface area contributed by atoms with Gasteiger partial charge in [0.2, 0.25) is 5.91 Å². The third-order valence-electron chi connectivity index (χ3n) is 5.44. The van der Waals surface area contributed by atoms with Gasteiger partial charge in [0.15, 0.2) is 0 Å². The number of hydrogen-bond acceptors (Lipinski definition) is 3. The van der Waals surface area contributed by atoms with Gasteiger partial charge in [-0.05, 0) is 43.6 Å². The van der Waals surface area contributed by atoms with Crippen molar-refractivity contribution in [2.45, 2.75) is 39.0 Å². The Morgan fingerprint density at radius 3 is 2.48 bits per heavy atom. The number of amides is 2. The summed E-state index contributed by atoms with van der Waals surface area (Å²) in [6.45, 7) is 5.05. The van der Waals surface area contributed by atoms with E-state index in [-0.39, 0.29) is 11.8 Å². The minimum absolute atomic E-state index is 0.176. The molecule has 1 atom stereocenters. The van der Waals surface area contributed by atoms with E-state index in [4.69, 9.17) is 0 Å². The molecule has 2 amide bonds. The van der Waals surface area contributed by atoms with E-state index in [0.29, 0.717) is 32.1 Å². The second-order valence-electron chi connectivity index (χ2n) is 7.29. The van der Waals surface area contributed by atoms with E-state index < -0.39 is 0 Å². The fraction of sp³-hybridized carbons (Fsp3) is 0.667. The first-order valence-electron chi connectivity index (χ1n) is 8.80. The summed E-state index contributed by atoms with van der Waals surface area (Å²) in [4.78, 5) is 30.3. The molecule has 4 rings (SSSR count). The second kappa shape index (κ2) is 5.93. The van der Waals surface area contributed by atoms with Crippen molar-refractivity contribution in [3.63, 3.8) is 0 Å². The van der Waals surface area contributed by atoms with Gasteiger partial charge in [-0.2, -0.15) is 0 Å². The molecular formula is C18H24N2O2S. The van der Waals surface area contributed by atoms with Crippen LogP contribution in [0.1, 0.15) is 47.0 Å². The SMILES string of the molecule is C[C@H]1CCc2c(C(=O)N3CCN(C(=O)C4CC4)CC3)csc2C1. The van der Waals surface area contributed by atoms with Crippen LogP contribution in [0.3, 0.4) is 0 Å². The minimum atomic E-state index is 0.176. The molecule has 1 aliphatic heterocycles. The molecule has 0 unspecified atom stereocenters. The van der Waals surface area contributed by atoms with Gasteiger partial charge in [-0.15, -0.1) is 11.3 Å². The maximum Gasteiger partial charge on any atom is 0.255 e. The van der Waals surface area contributed by atoms with Gasteiger partial charge in [0.05, 0.1) is 5.56 Å². The highest BCUT2D eigenvalue weighted by atomic mass is 32.1. The summed E-state index contributed by atoms with van der Waals surface area (Å²) in [5.41, 5.74) is 2.23. The van der Waals surface area contributed by atoms with E-state index in [1.54, 1.807) is 11.3 Å². The van der Waals surface area contributed by atoms with Crippen molar-refractivity contribution in [1.82, 2.24) is 9.80 Å². The van der Waals surface area contributed by atoms with E-state index in [0.717, 1.165) is 37.2 Å². The zero-order valence-electron chi connectivity index (χ0n) is 13.7. The highest BCUT2D eigenvalue weighted by molar-refractivity contribution is 7.10. The quantitative estimate of drug-likeness (QED) is 0.835. The number of fused-ring (bicyclic) bond motifs is 1. The van der Waals surface area contributed by atoms with Crippen molar-refractivity contribution < 1.29 is 9.59 Å². The standard InChI is InChI=1S/C18H24N2O2S/c1-12-2-5-14-15(11-23-16(14)10-12)18(22)20-8-6-19(7-9-20)17(21)13-3-4-13/h11-13H,2-10H2,1H3/t12-/m0/s1. The molecule has 1 saturated heterocycles. The van der Waals surface area contributed by atoms with Gasteiger partial charge in [-0.1, -0.05) is 6.92 Å². The van der Waals surface area contributed by atoms with Crippen molar-refractivity contribution >= 4 is 23.2 Å². The van der Waals surface area contributed by atoms with Gasteiger partial charge in [0.1, 0.15) is 0 Å². The van der Waals surface area contributed by atoms with Crippen LogP contribution in [0.15, 0.2) is 5.38 Å². The second-order valence-corrected chi connectivity index (χ2v) is 8.26. The van der Waals surface area contributed by atoms with Crippen LogP contribution < -0.4 is 0 Å². The predicted molar refractivity (Wildman–Crippen MR) is 90.7 cm³/mol. The molecule has 4 nitrogen and oxygen atoms in total. The van der Waals surface area contributed by atoms with Gasteiger partial charge in [0, 0.05) is 42.4 Å². The van der Waals surface area contributed by atoms with Crippen LogP contribution in [-0.2, 0) is 17.6 Å². The average Bonchev–Trinajstić information content (AvgIpc) is 3.34. The first-order chi connectivity index (χ1) is 11.1. The molecule has 1 aromatic heterocycles. The number of carbonyl (C=O) groups excluding carboxylic acids is 2. The van der Waals surface area contributed by atoms with Crippen molar-refractivity contribution in [1.29, 1.82) is 0 Å². The molecule has 3 aliphatic rings. The monoisotopic (exact) mass is 332 g/mol. The van der Waals surface area contributed by atoms with Crippen LogP contribution in [0.2, 0.25) is 0 Å². The zero-order chi connectivity index (χ0) is 16.0. The summed E-state index contributed by atoms with van der Waals surface area (Å²) in [7, 11) is 0. The van der Waals surface area contributed by atoms with Crippen LogP contribution in [0.4, 0.5) is 0 Å². The number of hydrogen-bond donors (Lipinski definition) is 0. The fourth-order valence-electron chi connectivity index (χ4n) is 3.75. The molecule has 0 aromatic carbocycles. The Kier molecular flexibility index (Phi) is 3.92. The minimum Gasteiger partial charge on any atom is -0.339 e. The summed E-state index contributed by atoms with van der Waals surface area (Å²) >= 11 is 1.75. The van der Waals surface area contributed by atoms with Crippen LogP contribution in [0.5, 0.6) is 0 Å². The first kappa shape index (κ1) is 15.2. The zero-order valence-corrected chi connectivity index (χ0v) is 14.5. The number of thiophene rings is 1. The summed E-state index contributed by atoms with van der Waals surface area (Å²) in [6, 6.07) is 0. The van der Waals surface area contributed by atoms with Gasteiger partial charge < -0.3 is 9.80 Å². The Morgan fingerprint density at radius 2 is 1.78 bits per heavy atom. The molecule has 1 saturated carbocycles. The van der Waals surface area contributed by atoms with Crippen LogP contribution in [0.25, 0.3) is 0 Å². The number of nitrogens with zero attached hydrogens (tertiary/aromatic N) is 2. The molecule has 0 spiro atoms. The molecule has 124 valence electrons. The summed E-state index contributed by atoms with van der Waals surface area (Å²) in [5.74, 6) is 1.50. The van der Waals surface area contributed by atoms with Crippen LogP contribution in [0, 0.1) is 11.8 Å². The van der Waals surface area contributed by atoms with Gasteiger partial charge in [0.25, 0.3) is 5.91 Å². The topological polar surface area (TPSA) is 40.6 Å². The lowest BCUT2D eigenvalue weighted by Crippen LogP contribution is -2.51. The summed E-state index contributed by atoms with van der Waals surface area (Å²) < 4.78 is 0. The van der Waals surface area contributed by atoms with Crippen molar-refractivity contribution in [2.75, 3.05) is 26.2 Å². The van der Waals surface area contributed by atoms with Gasteiger partial charge in [-0.25, -0.2) is 0 Å². The summed E-state index contributed by atoms with van der Waals surface area (Å²) in [5, 5.41) is 2.06. The Bertz CT molecular complexity index is 627. The van der Waals surface area contributed by atoms with Gasteiger partial charge in [-0.3, -0.25) is 9.59 Å². The molecule has 5 heteroatoms. The molecule has 0 bridgehead atoms. The molecule has 23 heavy (non-hydrogen) atoms. The van der Waals surface area contributed by atoms with Gasteiger partial charge >= 0.3 is 0 Å². The maximum absolute atomic E-state index is 12.9. The Morgan fingerprint density at radius 1 is 1.09 bits per heavy atom. The third-order valence-corrected chi connectivity index (χ3v) is 6.49. The molecular weight excluding hydrogens is 308 g/mol. The fourth-order valence-corrected chi connectivity index (χ4v) is 4.98. The highest BCUT2D eigenvalue weighted by Crippen LogP contribution is 2.34. The Hall–Kier alpha value is -1.36. The van der Waals surface area contributed by atoms with Crippen LogP contribution >= 0.6 is 11.3 Å². The lowest BCUT2D eigenvalue weighted by Gasteiger charge is -2.35. The molecule has 1 aromatic rings. The molecule has 2 heterocycles. The summed E-state index contributed by atoms with van der Waals surface area (Å²) in [6.07, 6.45) is 5.46. The molecule has 2 fully saturated rings. The van der Waals surface area contributed by atoms with E-state index in [1.807, 2.05) is 9.80 Å². The number of rotatable bonds is 2. The normalized spacial score (nSPS) is 24.5. The Balaban J connectivity index is 1.41. The maximum atomic E-state index is 12.9. The Labute approximate surface area is 141 Å². The third kappa shape index (κ3) is 2.91. The molecule has 0 N–H and O–H groups in total. The van der Waals surface area contributed by atoms with Crippen molar-refractivity contribution in [2.24, 2.45) is 11.8 Å². The smallest absolute Gasteiger partial charge is 0.255 e.